The fourth-order valence-corrected chi connectivity index (χ4v) is 4.33. The molecular weight excluding hydrogens is 472 g/mol. The van der Waals surface area contributed by atoms with Gasteiger partial charge in [0.25, 0.3) is 11.7 Å². The van der Waals surface area contributed by atoms with Gasteiger partial charge in [0.2, 0.25) is 0 Å². The van der Waals surface area contributed by atoms with Crippen LogP contribution in [0.15, 0.2) is 48.0 Å². The van der Waals surface area contributed by atoms with Gasteiger partial charge in [0.15, 0.2) is 0 Å². The van der Waals surface area contributed by atoms with Crippen molar-refractivity contribution in [2.45, 2.75) is 26.8 Å². The number of rotatable bonds is 9. The number of likely N-dealkylation sites (N-methyl/N-ethyl adjacent to an activating group) is 1. The molecule has 1 amide bonds. The van der Waals surface area contributed by atoms with E-state index in [2.05, 4.69) is 4.90 Å². The lowest BCUT2D eigenvalue weighted by molar-refractivity contribution is -0.140. The molecule has 35 heavy (non-hydrogen) atoms. The molecule has 3 rings (SSSR count). The summed E-state index contributed by atoms with van der Waals surface area (Å²) in [7, 11) is 1.47. The lowest BCUT2D eigenvalue weighted by Gasteiger charge is -2.28. The Labute approximate surface area is 209 Å². The molecule has 1 aliphatic heterocycles. The molecule has 1 saturated heterocycles. The number of aliphatic hydroxyl groups excluding tert-OH is 1. The highest BCUT2D eigenvalue weighted by Crippen LogP contribution is 2.41. The molecule has 0 radical (unpaired) electrons. The minimum absolute atomic E-state index is 0.0929. The summed E-state index contributed by atoms with van der Waals surface area (Å²) in [6, 6.07) is 10.3. The molecule has 0 aromatic heterocycles. The Morgan fingerprint density at radius 1 is 1.11 bits per heavy atom. The third-order valence-electron chi connectivity index (χ3n) is 5.96. The van der Waals surface area contributed by atoms with Gasteiger partial charge >= 0.3 is 5.97 Å². The van der Waals surface area contributed by atoms with Crippen molar-refractivity contribution in [3.05, 3.63) is 64.2 Å². The summed E-state index contributed by atoms with van der Waals surface area (Å²) in [6.45, 7) is 7.69. The average Bonchev–Trinajstić information content (AvgIpc) is 3.09. The monoisotopic (exact) mass is 500 g/mol. The molecule has 1 N–H and O–H groups in total. The second-order valence-electron chi connectivity index (χ2n) is 8.03. The van der Waals surface area contributed by atoms with Crippen molar-refractivity contribution in [3.8, 4) is 11.5 Å². The number of hydrogen-bond acceptors (Lipinski definition) is 7. The van der Waals surface area contributed by atoms with Gasteiger partial charge in [-0.05, 0) is 49.0 Å². The molecule has 8 nitrogen and oxygen atoms in total. The van der Waals surface area contributed by atoms with Crippen molar-refractivity contribution in [1.29, 1.82) is 0 Å². The van der Waals surface area contributed by atoms with Gasteiger partial charge in [0.05, 0.1) is 23.7 Å². The molecule has 0 spiro atoms. The van der Waals surface area contributed by atoms with E-state index in [0.29, 0.717) is 17.9 Å². The number of hydrogen-bond donors (Lipinski definition) is 1. The van der Waals surface area contributed by atoms with Crippen LogP contribution in [0, 0.1) is 0 Å². The Morgan fingerprint density at radius 3 is 2.46 bits per heavy atom. The number of likely N-dealkylation sites (tertiary alicyclic amines) is 1. The average molecular weight is 501 g/mol. The van der Waals surface area contributed by atoms with Crippen LogP contribution >= 0.6 is 11.6 Å². The molecule has 1 atom stereocenters. The van der Waals surface area contributed by atoms with Crippen molar-refractivity contribution in [1.82, 2.24) is 9.80 Å². The minimum Gasteiger partial charge on any atom is -0.507 e. The molecule has 1 fully saturated rings. The number of ketones is 1. The molecule has 1 heterocycles. The maximum atomic E-state index is 13.2. The lowest BCUT2D eigenvalue weighted by Crippen LogP contribution is -2.38. The molecule has 2 aromatic rings. The van der Waals surface area contributed by atoms with Crippen molar-refractivity contribution in [2.24, 2.45) is 0 Å². The van der Waals surface area contributed by atoms with Crippen LogP contribution in [0.3, 0.4) is 0 Å². The van der Waals surface area contributed by atoms with E-state index in [4.69, 9.17) is 21.1 Å². The summed E-state index contributed by atoms with van der Waals surface area (Å²) < 4.78 is 10.5. The van der Waals surface area contributed by atoms with Crippen molar-refractivity contribution < 1.29 is 29.0 Å². The number of carbonyl (C=O) groups is 3. The quantitative estimate of drug-likeness (QED) is 0.182. The molecule has 186 valence electrons. The Hall–Kier alpha value is -3.36. The van der Waals surface area contributed by atoms with Gasteiger partial charge in [0.1, 0.15) is 17.3 Å². The zero-order valence-electron chi connectivity index (χ0n) is 20.2. The van der Waals surface area contributed by atoms with Crippen LogP contribution in [0.2, 0.25) is 5.02 Å². The fraction of sp³-hybridized carbons (Fsp3) is 0.346. The van der Waals surface area contributed by atoms with Gasteiger partial charge in [-0.25, -0.2) is 0 Å². The van der Waals surface area contributed by atoms with Gasteiger partial charge in [0, 0.05) is 25.6 Å². The van der Waals surface area contributed by atoms with Crippen LogP contribution in [0.25, 0.3) is 5.76 Å². The molecule has 1 unspecified atom stereocenters. The predicted octanol–water partition coefficient (Wildman–Crippen LogP) is 4.04. The van der Waals surface area contributed by atoms with Gasteiger partial charge in [-0.1, -0.05) is 37.6 Å². The second-order valence-corrected chi connectivity index (χ2v) is 8.44. The smallest absolute Gasteiger partial charge is 0.308 e. The third kappa shape index (κ3) is 5.66. The highest BCUT2D eigenvalue weighted by atomic mass is 35.5. The Kier molecular flexibility index (Phi) is 8.53. The predicted molar refractivity (Wildman–Crippen MR) is 133 cm³/mol. The van der Waals surface area contributed by atoms with E-state index in [1.165, 1.54) is 25.0 Å². The normalized spacial score (nSPS) is 17.2. The fourth-order valence-electron chi connectivity index (χ4n) is 4.12. The third-order valence-corrected chi connectivity index (χ3v) is 6.29. The summed E-state index contributed by atoms with van der Waals surface area (Å²) in [4.78, 5) is 41.5. The number of carbonyl (C=O) groups excluding carboxylic acids is 3. The van der Waals surface area contributed by atoms with E-state index in [1.54, 1.807) is 36.4 Å². The number of ether oxygens (including phenoxy) is 2. The molecular formula is C26H29ClN2O6. The topological polar surface area (TPSA) is 96.4 Å². The van der Waals surface area contributed by atoms with Gasteiger partial charge in [-0.15, -0.1) is 0 Å². The summed E-state index contributed by atoms with van der Waals surface area (Å²) in [6.07, 6.45) is 0. The highest BCUT2D eigenvalue weighted by molar-refractivity contribution is 6.47. The van der Waals surface area contributed by atoms with Crippen molar-refractivity contribution >= 4 is 35.0 Å². The molecule has 0 aliphatic carbocycles. The summed E-state index contributed by atoms with van der Waals surface area (Å²) in [5.74, 6) is -1.74. The maximum absolute atomic E-state index is 13.2. The van der Waals surface area contributed by atoms with E-state index in [0.717, 1.165) is 13.1 Å². The Balaban J connectivity index is 2.17. The molecule has 2 aromatic carbocycles. The number of esters is 1. The highest BCUT2D eigenvalue weighted by Gasteiger charge is 2.46. The number of aliphatic hydroxyl groups is 1. The van der Waals surface area contributed by atoms with Crippen LogP contribution in [0.4, 0.5) is 0 Å². The SMILES string of the molecule is CCN(CC)CCN1C(=O)C(=O)/C(=C(/O)c2cc(OC)ccc2Cl)C1c1cccc(OC(C)=O)c1. The number of benzene rings is 2. The van der Waals surface area contributed by atoms with E-state index >= 15 is 0 Å². The molecule has 1 aliphatic rings. The summed E-state index contributed by atoms with van der Waals surface area (Å²) in [5.41, 5.74) is 0.599. The first kappa shape index (κ1) is 26.2. The van der Waals surface area contributed by atoms with Crippen LogP contribution in [0.5, 0.6) is 11.5 Å². The zero-order chi connectivity index (χ0) is 25.7. The molecule has 0 bridgehead atoms. The van der Waals surface area contributed by atoms with Gasteiger partial charge in [-0.2, -0.15) is 0 Å². The van der Waals surface area contributed by atoms with Crippen LogP contribution in [-0.4, -0.2) is 65.9 Å². The number of halogens is 1. The van der Waals surface area contributed by atoms with Gasteiger partial charge < -0.3 is 24.4 Å². The number of nitrogens with zero attached hydrogens (tertiary/aromatic N) is 2. The first-order valence-electron chi connectivity index (χ1n) is 11.3. The van der Waals surface area contributed by atoms with Gasteiger partial charge in [-0.3, -0.25) is 14.4 Å². The Morgan fingerprint density at radius 2 is 1.83 bits per heavy atom. The lowest BCUT2D eigenvalue weighted by atomic mass is 9.95. The van der Waals surface area contributed by atoms with E-state index in [9.17, 15) is 19.5 Å². The number of methoxy groups -OCH3 is 1. The zero-order valence-corrected chi connectivity index (χ0v) is 21.0. The summed E-state index contributed by atoms with van der Waals surface area (Å²) >= 11 is 6.34. The standard InChI is InChI=1S/C26H29ClN2O6/c1-5-28(6-2)12-13-29-23(17-8-7-9-19(14-17)35-16(3)30)22(25(32)26(29)33)24(31)20-15-18(34-4)10-11-21(20)27/h7-11,14-15,23,31H,5-6,12-13H2,1-4H3/b24-22+. The largest absolute Gasteiger partial charge is 0.507 e. The first-order chi connectivity index (χ1) is 16.7. The summed E-state index contributed by atoms with van der Waals surface area (Å²) in [5, 5.41) is 11.5. The molecule has 9 heteroatoms. The second kappa shape index (κ2) is 11.4. The number of amides is 1. The van der Waals surface area contributed by atoms with Crippen molar-refractivity contribution in [3.63, 3.8) is 0 Å². The van der Waals surface area contributed by atoms with E-state index < -0.39 is 29.5 Å². The molecule has 0 saturated carbocycles. The Bertz CT molecular complexity index is 1160. The van der Waals surface area contributed by atoms with Crippen LogP contribution in [0.1, 0.15) is 37.9 Å². The van der Waals surface area contributed by atoms with Crippen molar-refractivity contribution in [2.75, 3.05) is 33.3 Å². The maximum Gasteiger partial charge on any atom is 0.308 e. The van der Waals surface area contributed by atoms with E-state index in [-0.39, 0.29) is 28.5 Å². The van der Waals surface area contributed by atoms with Crippen LogP contribution < -0.4 is 9.47 Å². The van der Waals surface area contributed by atoms with Crippen LogP contribution in [-0.2, 0) is 14.4 Å². The number of Topliss-reactive ketones (excluding diaryl/α,β-unsaturated/α-hetero) is 1. The first-order valence-corrected chi connectivity index (χ1v) is 11.7. The minimum atomic E-state index is -0.900. The van der Waals surface area contributed by atoms with E-state index in [1.807, 2.05) is 13.8 Å².